The van der Waals surface area contributed by atoms with Gasteiger partial charge in [0.25, 0.3) is 0 Å². The molecule has 5 nitrogen and oxygen atoms in total. The minimum atomic E-state index is 0.192. The van der Waals surface area contributed by atoms with Gasteiger partial charge in [-0.3, -0.25) is 9.89 Å². The van der Waals surface area contributed by atoms with E-state index in [2.05, 4.69) is 21.7 Å². The minimum absolute atomic E-state index is 0.192. The zero-order valence-corrected chi connectivity index (χ0v) is 8.95. The smallest absolute Gasteiger partial charge is 0.185 e. The number of nitrogens with zero attached hydrogens (tertiary/aromatic N) is 3. The van der Waals surface area contributed by atoms with E-state index in [0.717, 1.165) is 26.2 Å². The van der Waals surface area contributed by atoms with Crippen molar-refractivity contribution in [3.05, 3.63) is 0 Å². The summed E-state index contributed by atoms with van der Waals surface area (Å²) in [6.07, 6.45) is 0. The highest BCUT2D eigenvalue weighted by atomic mass is 15.3. The van der Waals surface area contributed by atoms with Crippen LogP contribution in [0.15, 0.2) is 4.99 Å². The highest BCUT2D eigenvalue weighted by Gasteiger charge is 2.14. The van der Waals surface area contributed by atoms with Crippen LogP contribution in [0.5, 0.6) is 0 Å². The van der Waals surface area contributed by atoms with E-state index in [4.69, 9.17) is 11.5 Å². The highest BCUT2D eigenvalue weighted by Crippen LogP contribution is 2.00. The zero-order valence-electron chi connectivity index (χ0n) is 8.95. The second-order valence-electron chi connectivity index (χ2n) is 3.58. The van der Waals surface area contributed by atoms with Crippen molar-refractivity contribution in [3.8, 4) is 0 Å². The van der Waals surface area contributed by atoms with Gasteiger partial charge in [-0.25, -0.2) is 0 Å². The lowest BCUT2D eigenvalue weighted by Crippen LogP contribution is -2.46. The van der Waals surface area contributed by atoms with E-state index in [1.165, 1.54) is 13.1 Å². The van der Waals surface area contributed by atoms with Crippen molar-refractivity contribution in [2.45, 2.75) is 6.92 Å². The molecule has 1 saturated heterocycles. The van der Waals surface area contributed by atoms with Gasteiger partial charge in [-0.1, -0.05) is 6.92 Å². The summed E-state index contributed by atoms with van der Waals surface area (Å²) in [5, 5.41) is 0. The first-order valence-corrected chi connectivity index (χ1v) is 5.22. The molecule has 0 aromatic carbocycles. The van der Waals surface area contributed by atoms with Gasteiger partial charge in [0, 0.05) is 32.7 Å². The third-order valence-corrected chi connectivity index (χ3v) is 2.62. The Morgan fingerprint density at radius 2 is 1.71 bits per heavy atom. The molecule has 0 spiro atoms. The first kappa shape index (κ1) is 11.3. The molecule has 0 radical (unpaired) electrons. The van der Waals surface area contributed by atoms with Gasteiger partial charge in [-0.15, -0.1) is 0 Å². The van der Waals surface area contributed by atoms with Crippen LogP contribution in [-0.4, -0.2) is 61.6 Å². The fraction of sp³-hybridized carbons (Fsp3) is 0.889. The molecule has 82 valence electrons. The molecule has 0 aliphatic carbocycles. The van der Waals surface area contributed by atoms with Gasteiger partial charge in [0.15, 0.2) is 5.96 Å². The topological polar surface area (TPSA) is 70.9 Å². The van der Waals surface area contributed by atoms with E-state index in [1.54, 1.807) is 0 Å². The second-order valence-corrected chi connectivity index (χ2v) is 3.58. The Morgan fingerprint density at radius 3 is 2.21 bits per heavy atom. The van der Waals surface area contributed by atoms with E-state index in [0.29, 0.717) is 6.54 Å². The van der Waals surface area contributed by atoms with Crippen molar-refractivity contribution in [1.29, 1.82) is 0 Å². The maximum Gasteiger partial charge on any atom is 0.185 e. The van der Waals surface area contributed by atoms with Crippen LogP contribution in [0.2, 0.25) is 0 Å². The average molecular weight is 199 g/mol. The van der Waals surface area contributed by atoms with Gasteiger partial charge in [0.1, 0.15) is 0 Å². The summed E-state index contributed by atoms with van der Waals surface area (Å²) < 4.78 is 0. The SMILES string of the molecule is CCN1CCN(CCN=C(N)N)CC1. The van der Waals surface area contributed by atoms with Crippen molar-refractivity contribution in [1.82, 2.24) is 9.80 Å². The van der Waals surface area contributed by atoms with E-state index in [-0.39, 0.29) is 5.96 Å². The van der Waals surface area contributed by atoms with Crippen LogP contribution < -0.4 is 11.5 Å². The molecule has 1 rings (SSSR count). The van der Waals surface area contributed by atoms with Crippen LogP contribution in [0.4, 0.5) is 0 Å². The monoisotopic (exact) mass is 199 g/mol. The first-order chi connectivity index (χ1) is 6.72. The van der Waals surface area contributed by atoms with Gasteiger partial charge in [0.05, 0.1) is 6.54 Å². The van der Waals surface area contributed by atoms with E-state index in [9.17, 15) is 0 Å². The summed E-state index contributed by atoms with van der Waals surface area (Å²) in [5.74, 6) is 0.192. The summed E-state index contributed by atoms with van der Waals surface area (Å²) in [6, 6.07) is 0. The molecule has 0 unspecified atom stereocenters. The molecule has 1 aliphatic heterocycles. The molecule has 0 saturated carbocycles. The van der Waals surface area contributed by atoms with Crippen LogP contribution in [0, 0.1) is 0 Å². The lowest BCUT2D eigenvalue weighted by atomic mass is 10.3. The lowest BCUT2D eigenvalue weighted by Gasteiger charge is -2.33. The molecule has 1 heterocycles. The molecule has 4 N–H and O–H groups in total. The van der Waals surface area contributed by atoms with Crippen LogP contribution in [0.25, 0.3) is 0 Å². The molecule has 1 aliphatic rings. The van der Waals surface area contributed by atoms with Gasteiger partial charge >= 0.3 is 0 Å². The van der Waals surface area contributed by atoms with Gasteiger partial charge < -0.3 is 16.4 Å². The average Bonchev–Trinajstić information content (AvgIpc) is 2.18. The Hall–Kier alpha value is -0.810. The molecular weight excluding hydrogens is 178 g/mol. The van der Waals surface area contributed by atoms with Crippen LogP contribution >= 0.6 is 0 Å². The lowest BCUT2D eigenvalue weighted by molar-refractivity contribution is 0.140. The molecule has 1 fully saturated rings. The molecule has 0 aromatic heterocycles. The van der Waals surface area contributed by atoms with Crippen molar-refractivity contribution in [2.24, 2.45) is 16.5 Å². The first-order valence-electron chi connectivity index (χ1n) is 5.22. The fourth-order valence-corrected chi connectivity index (χ4v) is 1.65. The third kappa shape index (κ3) is 3.93. The number of nitrogens with two attached hydrogens (primary N) is 2. The number of guanidine groups is 1. The summed E-state index contributed by atoms with van der Waals surface area (Å²) in [7, 11) is 0. The van der Waals surface area contributed by atoms with Crippen molar-refractivity contribution < 1.29 is 0 Å². The standard InChI is InChI=1S/C9H21N5/c1-2-13-5-7-14(8-6-13)4-3-12-9(10)11/h2-8H2,1H3,(H4,10,11,12). The van der Waals surface area contributed by atoms with Crippen molar-refractivity contribution >= 4 is 5.96 Å². The minimum Gasteiger partial charge on any atom is -0.370 e. The number of piperazine rings is 1. The molecule has 0 aromatic rings. The molecule has 0 bridgehead atoms. The normalized spacial score (nSPS) is 19.5. The molecular formula is C9H21N5. The summed E-state index contributed by atoms with van der Waals surface area (Å²) in [6.45, 7) is 9.64. The van der Waals surface area contributed by atoms with E-state index >= 15 is 0 Å². The largest absolute Gasteiger partial charge is 0.370 e. The Balaban J connectivity index is 2.13. The Labute approximate surface area is 85.7 Å². The predicted molar refractivity (Wildman–Crippen MR) is 59.2 cm³/mol. The van der Waals surface area contributed by atoms with E-state index in [1.807, 2.05) is 0 Å². The molecule has 0 amide bonds. The van der Waals surface area contributed by atoms with Crippen LogP contribution in [0.3, 0.4) is 0 Å². The number of likely N-dealkylation sites (N-methyl/N-ethyl adjacent to an activating group) is 1. The Kier molecular flexibility index (Phi) is 4.69. The number of rotatable bonds is 4. The van der Waals surface area contributed by atoms with Crippen molar-refractivity contribution in [2.75, 3.05) is 45.8 Å². The van der Waals surface area contributed by atoms with E-state index < -0.39 is 0 Å². The molecule has 0 atom stereocenters. The zero-order chi connectivity index (χ0) is 10.4. The highest BCUT2D eigenvalue weighted by molar-refractivity contribution is 5.75. The second kappa shape index (κ2) is 5.82. The van der Waals surface area contributed by atoms with Gasteiger partial charge in [-0.05, 0) is 6.54 Å². The maximum absolute atomic E-state index is 5.25. The quantitative estimate of drug-likeness (QED) is 0.445. The predicted octanol–water partition coefficient (Wildman–Crippen LogP) is -1.10. The summed E-state index contributed by atoms with van der Waals surface area (Å²) in [4.78, 5) is 8.83. The summed E-state index contributed by atoms with van der Waals surface area (Å²) >= 11 is 0. The number of hydrogen-bond acceptors (Lipinski definition) is 3. The van der Waals surface area contributed by atoms with Crippen LogP contribution in [-0.2, 0) is 0 Å². The fourth-order valence-electron chi connectivity index (χ4n) is 1.65. The molecule has 14 heavy (non-hydrogen) atoms. The number of aliphatic imine (C=N–C) groups is 1. The third-order valence-electron chi connectivity index (χ3n) is 2.62. The summed E-state index contributed by atoms with van der Waals surface area (Å²) in [5.41, 5.74) is 10.5. The Morgan fingerprint density at radius 1 is 1.14 bits per heavy atom. The van der Waals surface area contributed by atoms with Crippen molar-refractivity contribution in [3.63, 3.8) is 0 Å². The van der Waals surface area contributed by atoms with Gasteiger partial charge in [0.2, 0.25) is 0 Å². The van der Waals surface area contributed by atoms with Crippen LogP contribution in [0.1, 0.15) is 6.92 Å². The number of hydrogen-bond donors (Lipinski definition) is 2. The Bertz CT molecular complexity index is 180. The van der Waals surface area contributed by atoms with Gasteiger partial charge in [-0.2, -0.15) is 0 Å². The molecule has 5 heteroatoms. The maximum atomic E-state index is 5.25.